The molecule has 1 aromatic carbocycles. The second-order valence-corrected chi connectivity index (χ2v) is 5.28. The van der Waals surface area contributed by atoms with E-state index in [2.05, 4.69) is 0 Å². The Hall–Kier alpha value is -0.340. The third-order valence-corrected chi connectivity index (χ3v) is 3.61. The monoisotopic (exact) mass is 308 g/mol. The van der Waals surface area contributed by atoms with Gasteiger partial charge in [-0.2, -0.15) is 0 Å². The number of rotatable bonds is 3. The summed E-state index contributed by atoms with van der Waals surface area (Å²) in [4.78, 5) is 0. The van der Waals surface area contributed by atoms with Crippen LogP contribution in [0, 0.1) is 0 Å². The van der Waals surface area contributed by atoms with E-state index >= 15 is 0 Å². The van der Waals surface area contributed by atoms with Gasteiger partial charge in [0.05, 0.1) is 15.4 Å². The lowest BCUT2D eigenvalue weighted by atomic mass is 10.1. The van der Waals surface area contributed by atoms with Crippen LogP contribution in [0.5, 0.6) is 0 Å². The number of furan rings is 1. The second kappa shape index (κ2) is 5.53. The highest BCUT2D eigenvalue weighted by atomic mass is 35.5. The first-order chi connectivity index (χ1) is 8.06. The maximum absolute atomic E-state index is 6.22. The van der Waals surface area contributed by atoms with Crippen LogP contribution >= 0.6 is 46.4 Å². The first-order valence-electron chi connectivity index (χ1n) is 4.89. The minimum atomic E-state index is -0.278. The number of hydrogen-bond acceptors (Lipinski definition) is 1. The molecule has 0 N–H and O–H groups in total. The lowest BCUT2D eigenvalue weighted by Gasteiger charge is -2.07. The molecule has 0 aliphatic heterocycles. The maximum Gasteiger partial charge on any atom is 0.193 e. The van der Waals surface area contributed by atoms with E-state index in [0.717, 1.165) is 5.56 Å². The minimum Gasteiger partial charge on any atom is -0.448 e. The number of benzene rings is 1. The Balaban J connectivity index is 2.12. The summed E-state index contributed by atoms with van der Waals surface area (Å²) in [5.74, 6) is 0.641. The van der Waals surface area contributed by atoms with E-state index in [0.29, 0.717) is 27.4 Å². The van der Waals surface area contributed by atoms with Gasteiger partial charge in [-0.25, -0.2) is 0 Å². The van der Waals surface area contributed by atoms with Crippen molar-refractivity contribution in [2.24, 2.45) is 0 Å². The molecule has 0 amide bonds. The molecule has 1 atom stereocenters. The highest BCUT2D eigenvalue weighted by Gasteiger charge is 2.13. The Morgan fingerprint density at radius 3 is 2.35 bits per heavy atom. The smallest absolute Gasteiger partial charge is 0.193 e. The zero-order chi connectivity index (χ0) is 12.4. The van der Waals surface area contributed by atoms with Crippen LogP contribution in [0.1, 0.15) is 16.7 Å². The van der Waals surface area contributed by atoms with Crippen molar-refractivity contribution in [1.29, 1.82) is 0 Å². The van der Waals surface area contributed by atoms with E-state index < -0.39 is 0 Å². The standard InChI is InChI=1S/C12H8Cl4O/c13-8-2-1-7(5-9(8)14)6-10(15)11-3-4-12(16)17-11/h1-5,10H,6H2. The summed E-state index contributed by atoms with van der Waals surface area (Å²) in [7, 11) is 0. The summed E-state index contributed by atoms with van der Waals surface area (Å²) in [6.07, 6.45) is 0.599. The van der Waals surface area contributed by atoms with Crippen LogP contribution < -0.4 is 0 Å². The first-order valence-corrected chi connectivity index (χ1v) is 6.46. The Kier molecular flexibility index (Phi) is 4.26. The van der Waals surface area contributed by atoms with Crippen LogP contribution in [0.2, 0.25) is 15.3 Å². The van der Waals surface area contributed by atoms with Gasteiger partial charge in [0.2, 0.25) is 0 Å². The number of halogens is 4. The first kappa shape index (κ1) is 13.1. The molecule has 0 spiro atoms. The Bertz CT molecular complexity index is 521. The molecule has 0 saturated heterocycles. The van der Waals surface area contributed by atoms with Gasteiger partial charge < -0.3 is 4.42 Å². The molecule has 0 radical (unpaired) electrons. The lowest BCUT2D eigenvalue weighted by molar-refractivity contribution is 0.504. The Morgan fingerprint density at radius 1 is 1.00 bits per heavy atom. The molecule has 17 heavy (non-hydrogen) atoms. The van der Waals surface area contributed by atoms with E-state index in [1.54, 1.807) is 24.3 Å². The fourth-order valence-corrected chi connectivity index (χ4v) is 2.24. The van der Waals surface area contributed by atoms with E-state index in [9.17, 15) is 0 Å². The van der Waals surface area contributed by atoms with Crippen molar-refractivity contribution < 1.29 is 4.42 Å². The molecule has 1 aromatic heterocycles. The van der Waals surface area contributed by atoms with Gasteiger partial charge in [-0.1, -0.05) is 29.3 Å². The molecule has 0 aliphatic rings. The maximum atomic E-state index is 6.22. The van der Waals surface area contributed by atoms with Crippen molar-refractivity contribution in [3.63, 3.8) is 0 Å². The summed E-state index contributed by atoms with van der Waals surface area (Å²) in [5.41, 5.74) is 0.993. The van der Waals surface area contributed by atoms with Crippen molar-refractivity contribution in [3.8, 4) is 0 Å². The molecule has 0 fully saturated rings. The van der Waals surface area contributed by atoms with Gasteiger partial charge in [0.1, 0.15) is 5.76 Å². The van der Waals surface area contributed by atoms with Crippen LogP contribution in [0.25, 0.3) is 0 Å². The predicted octanol–water partition coefficient (Wildman–Crippen LogP) is 5.76. The summed E-state index contributed by atoms with van der Waals surface area (Å²) < 4.78 is 5.25. The Labute approximate surface area is 119 Å². The van der Waals surface area contributed by atoms with Gasteiger partial charge in [0.25, 0.3) is 0 Å². The molecule has 90 valence electrons. The average molecular weight is 310 g/mol. The molecule has 1 unspecified atom stereocenters. The molecular weight excluding hydrogens is 302 g/mol. The van der Waals surface area contributed by atoms with Gasteiger partial charge in [-0.05, 0) is 47.9 Å². The van der Waals surface area contributed by atoms with Crippen LogP contribution in [0.15, 0.2) is 34.7 Å². The molecule has 0 bridgehead atoms. The zero-order valence-corrected chi connectivity index (χ0v) is 11.6. The summed E-state index contributed by atoms with van der Waals surface area (Å²) in [6, 6.07) is 8.86. The predicted molar refractivity (Wildman–Crippen MR) is 72.5 cm³/mol. The highest BCUT2D eigenvalue weighted by molar-refractivity contribution is 6.42. The normalized spacial score (nSPS) is 12.7. The van der Waals surface area contributed by atoms with Gasteiger partial charge in [-0.3, -0.25) is 0 Å². The summed E-state index contributed by atoms with van der Waals surface area (Å²) in [5, 5.41) is 1.10. The average Bonchev–Trinajstić information content (AvgIpc) is 2.70. The van der Waals surface area contributed by atoms with E-state index in [1.807, 2.05) is 6.07 Å². The molecule has 5 heteroatoms. The fourth-order valence-electron chi connectivity index (χ4n) is 1.47. The molecule has 0 saturated carbocycles. The number of alkyl halides is 1. The van der Waals surface area contributed by atoms with Gasteiger partial charge in [0.15, 0.2) is 5.22 Å². The summed E-state index contributed by atoms with van der Waals surface area (Å²) in [6.45, 7) is 0. The van der Waals surface area contributed by atoms with Crippen molar-refractivity contribution in [3.05, 3.63) is 56.9 Å². The molecule has 1 heterocycles. The van der Waals surface area contributed by atoms with Crippen molar-refractivity contribution in [1.82, 2.24) is 0 Å². The van der Waals surface area contributed by atoms with Crippen LogP contribution in [-0.2, 0) is 6.42 Å². The zero-order valence-electron chi connectivity index (χ0n) is 8.59. The van der Waals surface area contributed by atoms with Crippen molar-refractivity contribution >= 4 is 46.4 Å². The van der Waals surface area contributed by atoms with Crippen LogP contribution in [0.3, 0.4) is 0 Å². The lowest BCUT2D eigenvalue weighted by Crippen LogP contribution is -1.94. The largest absolute Gasteiger partial charge is 0.448 e. The SMILES string of the molecule is Clc1ccc(C(Cl)Cc2ccc(Cl)c(Cl)c2)o1. The van der Waals surface area contributed by atoms with Gasteiger partial charge in [-0.15, -0.1) is 11.6 Å². The Morgan fingerprint density at radius 2 is 1.76 bits per heavy atom. The third-order valence-electron chi connectivity index (χ3n) is 2.30. The third kappa shape index (κ3) is 3.32. The van der Waals surface area contributed by atoms with E-state index in [4.69, 9.17) is 50.8 Å². The van der Waals surface area contributed by atoms with Crippen LogP contribution in [-0.4, -0.2) is 0 Å². The molecular formula is C12H8Cl4O. The van der Waals surface area contributed by atoms with E-state index in [-0.39, 0.29) is 5.38 Å². The fraction of sp³-hybridized carbons (Fsp3) is 0.167. The quantitative estimate of drug-likeness (QED) is 0.657. The molecule has 2 rings (SSSR count). The van der Waals surface area contributed by atoms with Gasteiger partial charge in [0, 0.05) is 0 Å². The second-order valence-electron chi connectivity index (χ2n) is 3.56. The van der Waals surface area contributed by atoms with E-state index in [1.165, 1.54) is 0 Å². The molecule has 1 nitrogen and oxygen atoms in total. The number of hydrogen-bond donors (Lipinski definition) is 0. The molecule has 2 aromatic rings. The summed E-state index contributed by atoms with van der Waals surface area (Å²) >= 11 is 23.7. The van der Waals surface area contributed by atoms with Crippen LogP contribution in [0.4, 0.5) is 0 Å². The topological polar surface area (TPSA) is 13.1 Å². The van der Waals surface area contributed by atoms with Gasteiger partial charge >= 0.3 is 0 Å². The van der Waals surface area contributed by atoms with Crippen molar-refractivity contribution in [2.45, 2.75) is 11.8 Å². The minimum absolute atomic E-state index is 0.278. The molecule has 0 aliphatic carbocycles. The highest BCUT2D eigenvalue weighted by Crippen LogP contribution is 2.30. The van der Waals surface area contributed by atoms with Crippen molar-refractivity contribution in [2.75, 3.05) is 0 Å².